The fourth-order valence-electron chi connectivity index (χ4n) is 7.34. The van der Waals surface area contributed by atoms with Crippen molar-refractivity contribution in [2.45, 2.75) is 83.2 Å². The van der Waals surface area contributed by atoms with E-state index in [4.69, 9.17) is 37.9 Å². The molecule has 0 saturated carbocycles. The molecule has 1 saturated heterocycles. The third-order valence-electron chi connectivity index (χ3n) is 10.1. The van der Waals surface area contributed by atoms with E-state index in [1.807, 2.05) is 45.3 Å². The van der Waals surface area contributed by atoms with Gasteiger partial charge in [-0.05, 0) is 63.3 Å². The maximum absolute atomic E-state index is 13.4. The van der Waals surface area contributed by atoms with Crippen molar-refractivity contribution in [1.82, 2.24) is 23.7 Å². The van der Waals surface area contributed by atoms with E-state index in [0.29, 0.717) is 23.4 Å². The summed E-state index contributed by atoms with van der Waals surface area (Å²) in [5.74, 6) is 0.860. The van der Waals surface area contributed by atoms with E-state index in [2.05, 4.69) is 68.7 Å². The molecule has 0 bridgehead atoms. The Morgan fingerprint density at radius 3 is 2.53 bits per heavy atom. The number of fused-ring (bicyclic) bond motifs is 4. The lowest BCUT2D eigenvalue weighted by Crippen LogP contribution is -2.50. The van der Waals surface area contributed by atoms with E-state index < -0.39 is 19.4 Å². The number of piperidine rings is 1. The molecule has 2 aliphatic rings. The van der Waals surface area contributed by atoms with Crippen LogP contribution >= 0.6 is 23.2 Å². The first-order valence-corrected chi connectivity index (χ1v) is 22.8. The van der Waals surface area contributed by atoms with Crippen molar-refractivity contribution in [1.29, 1.82) is 0 Å². The van der Waals surface area contributed by atoms with Crippen LogP contribution in [0, 0.1) is 5.41 Å². The van der Waals surface area contributed by atoms with Gasteiger partial charge in [0.2, 0.25) is 5.95 Å². The summed E-state index contributed by atoms with van der Waals surface area (Å²) >= 11 is 12.1. The third kappa shape index (κ3) is 6.66. The molecular formula is C37H46Cl2N6O2SSi. The summed E-state index contributed by atoms with van der Waals surface area (Å²) < 4.78 is 27.2. The largest absolute Gasteiger partial charge is 0.598 e. The van der Waals surface area contributed by atoms with Crippen molar-refractivity contribution in [3.8, 4) is 11.1 Å². The zero-order valence-corrected chi connectivity index (χ0v) is 32.6. The fraction of sp³-hybridized carbons (Fsp3) is 0.459. The number of nitrogens with zero attached hydrogens (tertiary/aromatic N) is 5. The molecule has 1 aliphatic carbocycles. The molecule has 0 amide bonds. The summed E-state index contributed by atoms with van der Waals surface area (Å²) in [5, 5.41) is 1.93. The van der Waals surface area contributed by atoms with Gasteiger partial charge in [-0.25, -0.2) is 4.98 Å². The van der Waals surface area contributed by atoms with Crippen molar-refractivity contribution >= 4 is 65.3 Å². The Labute approximate surface area is 303 Å². The third-order valence-corrected chi connectivity index (χ3v) is 14.2. The van der Waals surface area contributed by atoms with Gasteiger partial charge in [-0.1, -0.05) is 79.2 Å². The number of nitrogens with one attached hydrogen (secondary N) is 1. The number of rotatable bonds is 9. The number of imidazole rings is 1. The van der Waals surface area contributed by atoms with Gasteiger partial charge < -0.3 is 18.8 Å². The summed E-state index contributed by atoms with van der Waals surface area (Å²) in [7, 11) is -1.25. The van der Waals surface area contributed by atoms with Gasteiger partial charge in [-0.3, -0.25) is 4.40 Å². The molecule has 2 atom stereocenters. The molecule has 8 nitrogen and oxygen atoms in total. The minimum absolute atomic E-state index is 0.0276. The smallest absolute Gasteiger partial charge is 0.213 e. The van der Waals surface area contributed by atoms with Crippen LogP contribution in [0.2, 0.25) is 35.7 Å². The Balaban J connectivity index is 1.25. The molecule has 2 aromatic carbocycles. The highest BCUT2D eigenvalue weighted by Gasteiger charge is 2.50. The van der Waals surface area contributed by atoms with Crippen LogP contribution in [-0.4, -0.2) is 56.0 Å². The summed E-state index contributed by atoms with van der Waals surface area (Å²) in [4.78, 5) is 12.6. The second kappa shape index (κ2) is 13.2. The van der Waals surface area contributed by atoms with Crippen LogP contribution in [-0.2, 0) is 29.3 Å². The first kappa shape index (κ1) is 34.9. The van der Waals surface area contributed by atoms with Crippen LogP contribution in [0.25, 0.3) is 27.8 Å². The van der Waals surface area contributed by atoms with Gasteiger partial charge >= 0.3 is 0 Å². The van der Waals surface area contributed by atoms with Crippen LogP contribution in [0.1, 0.15) is 50.8 Å². The van der Waals surface area contributed by atoms with Crippen LogP contribution in [0.3, 0.4) is 0 Å². The van der Waals surface area contributed by atoms with E-state index >= 15 is 0 Å². The quantitative estimate of drug-likeness (QED) is 0.0925. The molecule has 49 heavy (non-hydrogen) atoms. The highest BCUT2D eigenvalue weighted by molar-refractivity contribution is 7.90. The first-order chi connectivity index (χ1) is 23.3. The molecule has 260 valence electrons. The fourth-order valence-corrected chi connectivity index (χ4v) is 9.44. The maximum atomic E-state index is 13.4. The Kier molecular flexibility index (Phi) is 9.39. The average molecular weight is 738 g/mol. The number of hydrogen-bond donors (Lipinski definition) is 1. The van der Waals surface area contributed by atoms with E-state index in [-0.39, 0.29) is 16.2 Å². The van der Waals surface area contributed by atoms with Crippen LogP contribution in [0.15, 0.2) is 61.1 Å². The summed E-state index contributed by atoms with van der Waals surface area (Å²) in [6, 6.07) is 15.5. The maximum Gasteiger partial charge on any atom is 0.213 e. The molecule has 1 aliphatic heterocycles. The molecule has 1 N–H and O–H groups in total. The summed E-state index contributed by atoms with van der Waals surface area (Å²) in [6.45, 7) is 15.9. The monoisotopic (exact) mass is 736 g/mol. The minimum Gasteiger partial charge on any atom is -0.598 e. The molecule has 12 heteroatoms. The van der Waals surface area contributed by atoms with Crippen molar-refractivity contribution in [3.05, 3.63) is 82.2 Å². The number of anilines is 1. The van der Waals surface area contributed by atoms with Crippen molar-refractivity contribution in [3.63, 3.8) is 0 Å². The minimum atomic E-state index is -1.25. The summed E-state index contributed by atoms with van der Waals surface area (Å²) in [5.41, 5.74) is 6.00. The molecule has 1 spiro atoms. The summed E-state index contributed by atoms with van der Waals surface area (Å²) in [6.07, 6.45) is 8.78. The molecule has 3 aromatic heterocycles. The molecular weight excluding hydrogens is 692 g/mol. The van der Waals surface area contributed by atoms with Gasteiger partial charge in [-0.2, -0.15) is 4.98 Å². The second-order valence-electron chi connectivity index (χ2n) is 15.9. The lowest BCUT2D eigenvalue weighted by Gasteiger charge is -2.44. The zero-order valence-electron chi connectivity index (χ0n) is 29.2. The molecule has 7 rings (SSSR count). The normalized spacial score (nSPS) is 18.6. The predicted molar refractivity (Wildman–Crippen MR) is 206 cm³/mol. The lowest BCUT2D eigenvalue weighted by molar-refractivity contribution is 0.0899. The number of halogens is 2. The SMILES string of the molecule is CC(C)(C)[S+]([O-])N[C@@H]1c2ccccc2CC12CCN(c1nc3c(c(-c4cccc(Cl)c4Cl)cn3COCC[Si](C)(C)C)c3nccn13)CC2. The van der Waals surface area contributed by atoms with Crippen molar-refractivity contribution in [2.75, 3.05) is 24.6 Å². The Bertz CT molecular complexity index is 1990. The number of hydrogen-bond acceptors (Lipinski definition) is 6. The molecule has 1 unspecified atom stereocenters. The van der Waals surface area contributed by atoms with E-state index in [1.54, 1.807) is 6.07 Å². The predicted octanol–water partition coefficient (Wildman–Crippen LogP) is 8.91. The number of ether oxygens (including phenoxy) is 1. The molecule has 4 heterocycles. The van der Waals surface area contributed by atoms with Gasteiger partial charge in [0.05, 0.1) is 21.5 Å². The molecule has 5 aromatic rings. The van der Waals surface area contributed by atoms with Gasteiger partial charge in [0.25, 0.3) is 0 Å². The first-order valence-electron chi connectivity index (χ1n) is 17.1. The van der Waals surface area contributed by atoms with E-state index in [1.165, 1.54) is 11.1 Å². The van der Waals surface area contributed by atoms with Gasteiger partial charge in [0, 0.05) is 74.3 Å². The highest BCUT2D eigenvalue weighted by atomic mass is 35.5. The van der Waals surface area contributed by atoms with Gasteiger partial charge in [0.1, 0.15) is 17.1 Å². The Morgan fingerprint density at radius 1 is 1.04 bits per heavy atom. The Hall–Kier alpha value is -2.57. The lowest BCUT2D eigenvalue weighted by atomic mass is 9.73. The van der Waals surface area contributed by atoms with Crippen LogP contribution < -0.4 is 9.62 Å². The van der Waals surface area contributed by atoms with Crippen LogP contribution in [0.5, 0.6) is 0 Å². The van der Waals surface area contributed by atoms with E-state index in [9.17, 15) is 4.55 Å². The number of benzene rings is 2. The topological polar surface area (TPSA) is 82.7 Å². The molecule has 1 fully saturated rings. The van der Waals surface area contributed by atoms with Gasteiger partial charge in [-0.15, -0.1) is 4.72 Å². The average Bonchev–Trinajstić information content (AvgIpc) is 3.75. The highest BCUT2D eigenvalue weighted by Crippen LogP contribution is 2.53. The van der Waals surface area contributed by atoms with Gasteiger partial charge in [0.15, 0.2) is 5.65 Å². The number of aromatic nitrogens is 4. The Morgan fingerprint density at radius 2 is 1.80 bits per heavy atom. The zero-order chi connectivity index (χ0) is 34.7. The standard InChI is InChI=1S/C37H46Cl2N6O2SSi/c1-36(2,3)48(46)42-32-26-11-8-7-10-25(26)22-37(32)14-17-43(18-15-37)35-41-34-30(33-40-16-19-45(33)35)28(27-12-9-13-29(38)31(27)39)23-44(34)24-47-20-21-49(4,5)6/h7-13,16,19,23,32,42H,14-15,17-18,20-22,24H2,1-6H3/t32-,48?/m1/s1. The van der Waals surface area contributed by atoms with Crippen molar-refractivity contribution in [2.24, 2.45) is 5.41 Å². The second-order valence-corrected chi connectivity index (χ2v) is 24.3. The molecule has 0 radical (unpaired) electrons. The van der Waals surface area contributed by atoms with E-state index in [0.717, 1.165) is 72.2 Å². The van der Waals surface area contributed by atoms with Crippen LogP contribution in [0.4, 0.5) is 5.95 Å². The van der Waals surface area contributed by atoms with Crippen molar-refractivity contribution < 1.29 is 9.29 Å².